The standard InChI is InChI=1S/C55H50N4O/c1-32-22-35(4)49(36(5)23-32)59-51(57-55(9)44-19-14-13-18-38(44)31-54(55,59)8)40-27-39(37-16-11-10-12-17-37)28-41(29-40)60-48-30-47-42(26-34(48)3)43-24-33(2)25-46-50(43)58(47)52-45(53(46,6)7)20-15-21-56-52/h10-30H,31H2,1-9H3/t54-,55+/m0/s1. The molecule has 0 bridgehead atoms. The van der Waals surface area contributed by atoms with Crippen molar-refractivity contribution < 1.29 is 4.74 Å². The first-order valence-electron chi connectivity index (χ1n) is 21.3. The molecule has 0 amide bonds. The Bertz CT molecular complexity index is 3150. The highest BCUT2D eigenvalue weighted by atomic mass is 16.5. The number of aliphatic imine (C=N–C) groups is 1. The molecule has 3 aliphatic rings. The number of rotatable bonds is 5. The molecule has 0 N–H and O–H groups in total. The number of pyridine rings is 1. The molecular formula is C55H50N4O. The lowest BCUT2D eigenvalue weighted by atomic mass is 9.75. The van der Waals surface area contributed by atoms with Crippen LogP contribution in [0, 0.1) is 34.6 Å². The molecule has 6 aromatic carbocycles. The van der Waals surface area contributed by atoms with Crippen molar-refractivity contribution in [2.45, 2.75) is 85.2 Å². The lowest BCUT2D eigenvalue weighted by Gasteiger charge is -2.43. The first-order chi connectivity index (χ1) is 28.8. The van der Waals surface area contributed by atoms with Crippen molar-refractivity contribution in [1.29, 1.82) is 0 Å². The van der Waals surface area contributed by atoms with Gasteiger partial charge in [0.1, 0.15) is 28.7 Å². The average Bonchev–Trinajstić information content (AvgIpc) is 3.74. The zero-order chi connectivity index (χ0) is 41.5. The maximum Gasteiger partial charge on any atom is 0.141 e. The number of anilines is 1. The van der Waals surface area contributed by atoms with Crippen molar-refractivity contribution in [3.8, 4) is 28.4 Å². The van der Waals surface area contributed by atoms with Gasteiger partial charge in [-0.2, -0.15) is 0 Å². The van der Waals surface area contributed by atoms with Gasteiger partial charge in [-0.1, -0.05) is 104 Å². The second-order valence-corrected chi connectivity index (χ2v) is 18.6. The molecule has 0 saturated carbocycles. The largest absolute Gasteiger partial charge is 0.457 e. The summed E-state index contributed by atoms with van der Waals surface area (Å²) in [7, 11) is 0. The molecule has 11 rings (SSSR count). The molecule has 0 spiro atoms. The smallest absolute Gasteiger partial charge is 0.141 e. The fourth-order valence-electron chi connectivity index (χ4n) is 11.2. The molecule has 60 heavy (non-hydrogen) atoms. The third-order valence-corrected chi connectivity index (χ3v) is 14.2. The van der Waals surface area contributed by atoms with E-state index in [4.69, 9.17) is 14.7 Å². The predicted molar refractivity (Wildman–Crippen MR) is 248 cm³/mol. The zero-order valence-corrected chi connectivity index (χ0v) is 36.0. The Labute approximate surface area is 353 Å². The molecular weight excluding hydrogens is 733 g/mol. The van der Waals surface area contributed by atoms with E-state index in [-0.39, 0.29) is 11.0 Å². The first kappa shape index (κ1) is 36.6. The summed E-state index contributed by atoms with van der Waals surface area (Å²) in [6, 6.07) is 44.4. The van der Waals surface area contributed by atoms with Crippen LogP contribution in [0.5, 0.6) is 11.5 Å². The van der Waals surface area contributed by atoms with Crippen LogP contribution in [0.15, 0.2) is 133 Å². The summed E-state index contributed by atoms with van der Waals surface area (Å²) in [4.78, 5) is 13.4. The molecule has 0 radical (unpaired) electrons. The van der Waals surface area contributed by atoms with Gasteiger partial charge in [0.25, 0.3) is 0 Å². The monoisotopic (exact) mass is 782 g/mol. The van der Waals surface area contributed by atoms with Gasteiger partial charge in [0.15, 0.2) is 0 Å². The Morgan fingerprint density at radius 3 is 2.08 bits per heavy atom. The molecule has 5 nitrogen and oxygen atoms in total. The van der Waals surface area contributed by atoms with Gasteiger partial charge < -0.3 is 9.64 Å². The van der Waals surface area contributed by atoms with Crippen molar-refractivity contribution in [3.63, 3.8) is 0 Å². The van der Waals surface area contributed by atoms with Crippen LogP contribution in [0.1, 0.15) is 83.3 Å². The van der Waals surface area contributed by atoms with Gasteiger partial charge >= 0.3 is 0 Å². The number of hydrogen-bond donors (Lipinski definition) is 0. The number of ether oxygens (including phenoxy) is 1. The van der Waals surface area contributed by atoms with Crippen LogP contribution >= 0.6 is 0 Å². The average molecular weight is 783 g/mol. The molecule has 0 unspecified atom stereocenters. The predicted octanol–water partition coefficient (Wildman–Crippen LogP) is 13.3. The Kier molecular flexibility index (Phi) is 7.64. The summed E-state index contributed by atoms with van der Waals surface area (Å²) in [6.45, 7) is 20.5. The Balaban J connectivity index is 1.13. The summed E-state index contributed by atoms with van der Waals surface area (Å²) in [5.74, 6) is 3.54. The highest BCUT2D eigenvalue weighted by Gasteiger charge is 2.61. The van der Waals surface area contributed by atoms with Gasteiger partial charge in [-0.25, -0.2) is 4.98 Å². The number of fused-ring (bicyclic) bond motifs is 8. The van der Waals surface area contributed by atoms with Crippen LogP contribution in [0.2, 0.25) is 0 Å². The lowest BCUT2D eigenvalue weighted by Crippen LogP contribution is -2.54. The van der Waals surface area contributed by atoms with Crippen molar-refractivity contribution in [1.82, 2.24) is 9.55 Å². The van der Waals surface area contributed by atoms with Gasteiger partial charge in [-0.05, 0) is 136 Å². The fourth-order valence-corrected chi connectivity index (χ4v) is 11.2. The molecule has 5 heteroatoms. The van der Waals surface area contributed by atoms with Crippen LogP contribution < -0.4 is 9.64 Å². The molecule has 2 atom stereocenters. The van der Waals surface area contributed by atoms with Crippen molar-refractivity contribution >= 4 is 33.3 Å². The van der Waals surface area contributed by atoms with E-state index in [2.05, 4.69) is 193 Å². The molecule has 4 heterocycles. The van der Waals surface area contributed by atoms with E-state index in [1.807, 2.05) is 6.20 Å². The molecule has 1 aliphatic carbocycles. The van der Waals surface area contributed by atoms with Crippen molar-refractivity contribution in [2.24, 2.45) is 4.99 Å². The quantitative estimate of drug-likeness (QED) is 0.175. The van der Waals surface area contributed by atoms with E-state index in [0.717, 1.165) is 57.3 Å². The van der Waals surface area contributed by atoms with Crippen LogP contribution in [0.3, 0.4) is 0 Å². The lowest BCUT2D eigenvalue weighted by molar-refractivity contribution is 0.321. The minimum Gasteiger partial charge on any atom is -0.457 e. The van der Waals surface area contributed by atoms with Gasteiger partial charge in [-0.3, -0.25) is 9.56 Å². The number of nitrogens with zero attached hydrogens (tertiary/aromatic N) is 4. The molecule has 0 fully saturated rings. The molecule has 2 aliphatic heterocycles. The molecule has 2 aromatic heterocycles. The second-order valence-electron chi connectivity index (χ2n) is 18.6. The van der Waals surface area contributed by atoms with Gasteiger partial charge in [0.05, 0.1) is 16.6 Å². The number of hydrogen-bond acceptors (Lipinski definition) is 4. The third-order valence-electron chi connectivity index (χ3n) is 14.2. The first-order valence-corrected chi connectivity index (χ1v) is 21.3. The fraction of sp³-hybridized carbons (Fsp3) is 0.236. The summed E-state index contributed by atoms with van der Waals surface area (Å²) in [5, 5.41) is 2.46. The normalized spacial score (nSPS) is 19.7. The van der Waals surface area contributed by atoms with E-state index >= 15 is 0 Å². The van der Waals surface area contributed by atoms with Crippen LogP contribution in [0.4, 0.5) is 5.69 Å². The minimum absolute atomic E-state index is 0.192. The van der Waals surface area contributed by atoms with Crippen LogP contribution in [0.25, 0.3) is 38.8 Å². The van der Waals surface area contributed by atoms with E-state index < -0.39 is 5.54 Å². The van der Waals surface area contributed by atoms with E-state index in [1.54, 1.807) is 0 Å². The number of aromatic nitrogens is 2. The van der Waals surface area contributed by atoms with Crippen molar-refractivity contribution in [2.75, 3.05) is 4.90 Å². The van der Waals surface area contributed by atoms with E-state index in [0.29, 0.717) is 0 Å². The maximum atomic E-state index is 7.17. The van der Waals surface area contributed by atoms with Gasteiger partial charge in [-0.15, -0.1) is 0 Å². The van der Waals surface area contributed by atoms with Gasteiger partial charge in [0, 0.05) is 45.3 Å². The Hall–Kier alpha value is -6.46. The number of benzene rings is 6. The van der Waals surface area contributed by atoms with Crippen LogP contribution in [-0.4, -0.2) is 20.9 Å². The van der Waals surface area contributed by atoms with E-state index in [9.17, 15) is 0 Å². The molecule has 0 saturated heterocycles. The Morgan fingerprint density at radius 1 is 0.600 bits per heavy atom. The molecule has 8 aromatic rings. The summed E-state index contributed by atoms with van der Waals surface area (Å²) in [6.07, 6.45) is 2.81. The summed E-state index contributed by atoms with van der Waals surface area (Å²) < 4.78 is 9.54. The number of amidine groups is 1. The minimum atomic E-state index is -0.470. The third kappa shape index (κ3) is 4.98. The SMILES string of the molecule is Cc1cc(C)c(N2C(c3cc(Oc4cc5c(cc4C)c4cc(C)cc6c4n5-c4ncccc4C6(C)C)cc(-c4ccccc4)c3)=N[C@]3(C)c4ccccc4C[C@]23C)c(C)c1. The summed E-state index contributed by atoms with van der Waals surface area (Å²) in [5.41, 5.74) is 17.1. The highest BCUT2D eigenvalue weighted by Crippen LogP contribution is 2.57. The van der Waals surface area contributed by atoms with Crippen molar-refractivity contribution in [3.05, 3.63) is 183 Å². The highest BCUT2D eigenvalue weighted by molar-refractivity contribution is 6.15. The molecule has 296 valence electrons. The topological polar surface area (TPSA) is 42.6 Å². The second kappa shape index (κ2) is 12.5. The number of aryl methyl sites for hydroxylation is 5. The van der Waals surface area contributed by atoms with Crippen LogP contribution in [-0.2, 0) is 17.4 Å². The summed E-state index contributed by atoms with van der Waals surface area (Å²) >= 11 is 0. The Morgan fingerprint density at radius 2 is 1.30 bits per heavy atom. The van der Waals surface area contributed by atoms with Gasteiger partial charge in [0.2, 0.25) is 0 Å². The zero-order valence-electron chi connectivity index (χ0n) is 36.0. The van der Waals surface area contributed by atoms with E-state index in [1.165, 1.54) is 66.5 Å². The maximum absolute atomic E-state index is 7.17.